The van der Waals surface area contributed by atoms with Gasteiger partial charge >= 0.3 is 5.97 Å². The van der Waals surface area contributed by atoms with Crippen molar-refractivity contribution in [3.05, 3.63) is 36.0 Å². The fourth-order valence-corrected chi connectivity index (χ4v) is 7.55. The van der Waals surface area contributed by atoms with Gasteiger partial charge in [0, 0.05) is 12.8 Å². The molecule has 0 saturated heterocycles. The van der Waals surface area contributed by atoms with Crippen molar-refractivity contribution in [3.8, 4) is 0 Å². The van der Waals surface area contributed by atoms with E-state index in [0.29, 0.717) is 5.92 Å². The first-order valence-corrected chi connectivity index (χ1v) is 10.9. The number of alkyl halides is 1. The molecule has 0 aromatic heterocycles. The van der Waals surface area contributed by atoms with Crippen LogP contribution in [0.3, 0.4) is 0 Å². The van der Waals surface area contributed by atoms with E-state index in [4.69, 9.17) is 16.3 Å². The lowest BCUT2D eigenvalue weighted by Gasteiger charge is -2.59. The van der Waals surface area contributed by atoms with E-state index in [0.717, 1.165) is 31.3 Å². The Morgan fingerprint density at radius 3 is 2.48 bits per heavy atom. The summed E-state index contributed by atoms with van der Waals surface area (Å²) in [4.78, 5) is 36.8. The highest BCUT2D eigenvalue weighted by Crippen LogP contribution is 2.68. The maximum Gasteiger partial charge on any atom is 0.304 e. The zero-order valence-electron chi connectivity index (χ0n) is 17.6. The Balaban J connectivity index is 1.83. The summed E-state index contributed by atoms with van der Waals surface area (Å²) in [6.07, 6.45) is 9.50. The maximum atomic E-state index is 12.6. The van der Waals surface area contributed by atoms with E-state index in [9.17, 15) is 14.4 Å². The van der Waals surface area contributed by atoms with E-state index < -0.39 is 16.4 Å². The minimum absolute atomic E-state index is 0.0210. The van der Waals surface area contributed by atoms with Gasteiger partial charge in [-0.05, 0) is 74.3 Å². The standard InChI is InChI=1S/C24H29ClO4/c1-13-21(28)12-16-6-7-17-19-9-8-18(14(2)26)22(19,4)11-10-20(17)23(16,5)24(13,25)29-15(3)27/h6-7,12,17-20H,1,8-11H2,2-5H3/t17-,18+,19-,20-,22+,23-,24?/m0/s1. The lowest BCUT2D eigenvalue weighted by atomic mass is 9.47. The Morgan fingerprint density at radius 1 is 1.17 bits per heavy atom. The summed E-state index contributed by atoms with van der Waals surface area (Å²) in [5.41, 5.74) is 0.153. The monoisotopic (exact) mass is 416 g/mol. The highest BCUT2D eigenvalue weighted by molar-refractivity contribution is 6.31. The molecule has 156 valence electrons. The number of carbonyl (C=O) groups is 3. The third-order valence-corrected chi connectivity index (χ3v) is 9.29. The van der Waals surface area contributed by atoms with Crippen LogP contribution in [0, 0.1) is 34.5 Å². The van der Waals surface area contributed by atoms with Crippen LogP contribution in [0.15, 0.2) is 36.0 Å². The van der Waals surface area contributed by atoms with E-state index in [1.165, 1.54) is 6.92 Å². The number of esters is 1. The molecule has 4 aliphatic carbocycles. The molecule has 0 N–H and O–H groups in total. The number of ether oxygens (including phenoxy) is 1. The summed E-state index contributed by atoms with van der Waals surface area (Å²) >= 11 is 7.01. The van der Waals surface area contributed by atoms with Gasteiger partial charge in [-0.2, -0.15) is 0 Å². The van der Waals surface area contributed by atoms with E-state index in [-0.39, 0.29) is 40.3 Å². The minimum Gasteiger partial charge on any atom is -0.438 e. The molecule has 1 unspecified atom stereocenters. The number of ketones is 2. The zero-order chi connectivity index (χ0) is 21.4. The molecule has 7 atom stereocenters. The highest BCUT2D eigenvalue weighted by Gasteiger charge is 2.66. The Labute approximate surface area is 177 Å². The third kappa shape index (κ3) is 2.54. The van der Waals surface area contributed by atoms with Crippen LogP contribution in [0.25, 0.3) is 0 Å². The second-order valence-electron chi connectivity index (χ2n) is 9.77. The number of allylic oxidation sites excluding steroid dienone is 3. The molecule has 4 aliphatic rings. The number of carbonyl (C=O) groups excluding carboxylic acids is 3. The van der Waals surface area contributed by atoms with Crippen LogP contribution in [0.2, 0.25) is 0 Å². The molecule has 5 heteroatoms. The Bertz CT molecular complexity index is 885. The zero-order valence-corrected chi connectivity index (χ0v) is 18.3. The maximum absolute atomic E-state index is 12.6. The van der Waals surface area contributed by atoms with Crippen LogP contribution in [-0.4, -0.2) is 22.6 Å². The smallest absolute Gasteiger partial charge is 0.304 e. The van der Waals surface area contributed by atoms with Crippen LogP contribution < -0.4 is 0 Å². The van der Waals surface area contributed by atoms with Gasteiger partial charge in [0.1, 0.15) is 5.78 Å². The van der Waals surface area contributed by atoms with Crippen LogP contribution in [-0.2, 0) is 19.1 Å². The van der Waals surface area contributed by atoms with Gasteiger partial charge in [-0.1, -0.05) is 37.3 Å². The number of rotatable bonds is 2. The second-order valence-corrected chi connectivity index (χ2v) is 10.3. The predicted octanol–water partition coefficient (Wildman–Crippen LogP) is 4.77. The van der Waals surface area contributed by atoms with Gasteiger partial charge in [-0.3, -0.25) is 14.4 Å². The van der Waals surface area contributed by atoms with Gasteiger partial charge in [-0.25, -0.2) is 0 Å². The van der Waals surface area contributed by atoms with E-state index in [1.807, 2.05) is 13.0 Å². The first-order chi connectivity index (χ1) is 13.5. The molecule has 0 heterocycles. The SMILES string of the molecule is C=C1C(=O)C=C2C=C[C@H]3[C@@H]4CC[C@H](C(C)=O)[C@@]4(C)CC[C@@H]3[C@@]2(C)C1(Cl)OC(C)=O. The summed E-state index contributed by atoms with van der Waals surface area (Å²) in [5.74, 6) is 0.246. The number of Topliss-reactive ketones (excluding diaryl/α,β-unsaturated/α-hetero) is 1. The summed E-state index contributed by atoms with van der Waals surface area (Å²) < 4.78 is 5.66. The molecule has 0 amide bonds. The van der Waals surface area contributed by atoms with E-state index in [2.05, 4.69) is 19.6 Å². The van der Waals surface area contributed by atoms with Gasteiger partial charge in [-0.15, -0.1) is 0 Å². The predicted molar refractivity (Wildman–Crippen MR) is 111 cm³/mol. The summed E-state index contributed by atoms with van der Waals surface area (Å²) in [6, 6.07) is 0. The van der Waals surface area contributed by atoms with Crippen molar-refractivity contribution in [3.63, 3.8) is 0 Å². The molecule has 4 nitrogen and oxygen atoms in total. The molecule has 2 saturated carbocycles. The molecule has 0 aromatic rings. The van der Waals surface area contributed by atoms with Crippen LogP contribution >= 0.6 is 11.6 Å². The number of fused-ring (bicyclic) bond motifs is 5. The van der Waals surface area contributed by atoms with Crippen molar-refractivity contribution in [2.24, 2.45) is 34.5 Å². The molecule has 0 aromatic carbocycles. The van der Waals surface area contributed by atoms with E-state index in [1.54, 1.807) is 13.0 Å². The third-order valence-electron chi connectivity index (χ3n) is 8.59. The van der Waals surface area contributed by atoms with Crippen molar-refractivity contribution >= 4 is 29.1 Å². The van der Waals surface area contributed by atoms with Crippen molar-refractivity contribution in [1.82, 2.24) is 0 Å². The fraction of sp³-hybridized carbons (Fsp3) is 0.625. The van der Waals surface area contributed by atoms with Gasteiger partial charge in [0.2, 0.25) is 5.06 Å². The molecule has 29 heavy (non-hydrogen) atoms. The van der Waals surface area contributed by atoms with Gasteiger partial charge in [0.25, 0.3) is 0 Å². The average molecular weight is 417 g/mol. The number of hydrogen-bond donors (Lipinski definition) is 0. The number of halogens is 1. The van der Waals surface area contributed by atoms with Gasteiger partial charge in [0.05, 0.1) is 11.0 Å². The molecule has 0 bridgehead atoms. The second kappa shape index (κ2) is 6.41. The highest BCUT2D eigenvalue weighted by atomic mass is 35.5. The Kier molecular flexibility index (Phi) is 4.55. The molecule has 0 spiro atoms. The first kappa shape index (κ1) is 20.6. The summed E-state index contributed by atoms with van der Waals surface area (Å²) in [5, 5.41) is -1.60. The normalized spacial score (nSPS) is 45.8. The van der Waals surface area contributed by atoms with Crippen molar-refractivity contribution in [2.75, 3.05) is 0 Å². The van der Waals surface area contributed by atoms with Crippen molar-refractivity contribution in [2.45, 2.75) is 58.4 Å². The first-order valence-electron chi connectivity index (χ1n) is 10.5. The quantitative estimate of drug-likeness (QED) is 0.369. The lowest BCUT2D eigenvalue weighted by molar-refractivity contribution is -0.161. The average Bonchev–Trinajstić information content (AvgIpc) is 2.99. The largest absolute Gasteiger partial charge is 0.438 e. The van der Waals surface area contributed by atoms with E-state index >= 15 is 0 Å². The van der Waals surface area contributed by atoms with Crippen LogP contribution in [0.5, 0.6) is 0 Å². The molecular weight excluding hydrogens is 388 g/mol. The van der Waals surface area contributed by atoms with Crippen LogP contribution in [0.1, 0.15) is 53.4 Å². The minimum atomic E-state index is -1.60. The van der Waals surface area contributed by atoms with Crippen molar-refractivity contribution < 1.29 is 19.1 Å². The van der Waals surface area contributed by atoms with Gasteiger partial charge < -0.3 is 4.74 Å². The summed E-state index contributed by atoms with van der Waals surface area (Å²) in [6.45, 7) is 11.2. The molecule has 0 radical (unpaired) electrons. The topological polar surface area (TPSA) is 60.4 Å². The molecule has 2 fully saturated rings. The summed E-state index contributed by atoms with van der Waals surface area (Å²) in [7, 11) is 0. The fourth-order valence-electron chi connectivity index (χ4n) is 7.09. The molecule has 4 rings (SSSR count). The molecular formula is C24H29ClO4. The lowest BCUT2D eigenvalue weighted by Crippen LogP contribution is -2.60. The Hall–Kier alpha value is -1.68. The Morgan fingerprint density at radius 2 is 1.86 bits per heavy atom. The molecule has 0 aliphatic heterocycles. The van der Waals surface area contributed by atoms with Gasteiger partial charge in [0.15, 0.2) is 5.78 Å². The van der Waals surface area contributed by atoms with Crippen molar-refractivity contribution in [1.29, 1.82) is 0 Å². The van der Waals surface area contributed by atoms with Crippen LogP contribution in [0.4, 0.5) is 0 Å². The number of hydrogen-bond acceptors (Lipinski definition) is 4.